The SMILES string of the molecule is O=C(CNC(=O)c1ccccc1Cl)N/N=C/c1cccc(Oc2ccccc2)c1. The predicted octanol–water partition coefficient (Wildman–Crippen LogP) is 4.01. The standard InChI is InChI=1S/C22H18ClN3O3/c23-20-12-5-4-11-19(20)22(28)24-15-21(27)26-25-14-16-7-6-10-18(13-16)29-17-8-2-1-3-9-17/h1-14H,15H2,(H,24,28)(H,26,27)/b25-14+. The molecule has 0 aliphatic carbocycles. The lowest BCUT2D eigenvalue weighted by Gasteiger charge is -2.06. The minimum Gasteiger partial charge on any atom is -0.457 e. The largest absolute Gasteiger partial charge is 0.457 e. The third-order valence-electron chi connectivity index (χ3n) is 3.77. The van der Waals surface area contributed by atoms with Gasteiger partial charge in [-0.25, -0.2) is 5.43 Å². The lowest BCUT2D eigenvalue weighted by Crippen LogP contribution is -2.35. The molecule has 3 aromatic rings. The second-order valence-electron chi connectivity index (χ2n) is 5.94. The Kier molecular flexibility index (Phi) is 6.97. The number of halogens is 1. The number of carbonyl (C=O) groups excluding carboxylic acids is 2. The van der Waals surface area contributed by atoms with E-state index in [1.807, 2.05) is 48.5 Å². The normalized spacial score (nSPS) is 10.5. The molecule has 7 heteroatoms. The molecule has 0 fully saturated rings. The van der Waals surface area contributed by atoms with E-state index in [-0.39, 0.29) is 6.54 Å². The number of nitrogens with zero attached hydrogens (tertiary/aromatic N) is 1. The molecule has 0 saturated carbocycles. The fourth-order valence-corrected chi connectivity index (χ4v) is 2.62. The Morgan fingerprint density at radius 1 is 0.931 bits per heavy atom. The van der Waals surface area contributed by atoms with E-state index < -0.39 is 11.8 Å². The van der Waals surface area contributed by atoms with Crippen LogP contribution in [0, 0.1) is 0 Å². The number of nitrogens with one attached hydrogen (secondary N) is 2. The van der Waals surface area contributed by atoms with Gasteiger partial charge in [0.15, 0.2) is 0 Å². The second-order valence-corrected chi connectivity index (χ2v) is 6.35. The van der Waals surface area contributed by atoms with Crippen LogP contribution in [0.15, 0.2) is 84.0 Å². The predicted molar refractivity (Wildman–Crippen MR) is 112 cm³/mol. The Bertz CT molecular complexity index is 1020. The zero-order valence-electron chi connectivity index (χ0n) is 15.3. The molecule has 0 unspecified atom stereocenters. The maximum absolute atomic E-state index is 12.0. The summed E-state index contributed by atoms with van der Waals surface area (Å²) < 4.78 is 5.76. The van der Waals surface area contributed by atoms with Gasteiger partial charge in [-0.05, 0) is 42.0 Å². The molecule has 3 aromatic carbocycles. The molecule has 0 aliphatic heterocycles. The Hall–Kier alpha value is -3.64. The molecule has 0 radical (unpaired) electrons. The molecular weight excluding hydrogens is 390 g/mol. The molecule has 2 amide bonds. The summed E-state index contributed by atoms with van der Waals surface area (Å²) in [6.45, 7) is -0.224. The highest BCUT2D eigenvalue weighted by Gasteiger charge is 2.10. The van der Waals surface area contributed by atoms with Crippen molar-refractivity contribution in [1.82, 2.24) is 10.7 Å². The fraction of sp³-hybridized carbons (Fsp3) is 0.0455. The van der Waals surface area contributed by atoms with Crippen molar-refractivity contribution in [3.63, 3.8) is 0 Å². The van der Waals surface area contributed by atoms with Gasteiger partial charge in [0, 0.05) is 0 Å². The number of hydrazone groups is 1. The van der Waals surface area contributed by atoms with Crippen LogP contribution in [0.5, 0.6) is 11.5 Å². The highest BCUT2D eigenvalue weighted by Crippen LogP contribution is 2.21. The van der Waals surface area contributed by atoms with Crippen molar-refractivity contribution in [3.05, 3.63) is 95.0 Å². The monoisotopic (exact) mass is 407 g/mol. The number of benzene rings is 3. The first-order valence-electron chi connectivity index (χ1n) is 8.79. The Morgan fingerprint density at radius 3 is 2.45 bits per heavy atom. The van der Waals surface area contributed by atoms with Crippen LogP contribution in [0.4, 0.5) is 0 Å². The molecule has 6 nitrogen and oxygen atoms in total. The summed E-state index contributed by atoms with van der Waals surface area (Å²) >= 11 is 5.95. The molecular formula is C22H18ClN3O3. The minimum absolute atomic E-state index is 0.224. The maximum Gasteiger partial charge on any atom is 0.259 e. The van der Waals surface area contributed by atoms with Gasteiger partial charge in [-0.15, -0.1) is 0 Å². The summed E-state index contributed by atoms with van der Waals surface area (Å²) in [7, 11) is 0. The Labute approximate surface area is 173 Å². The van der Waals surface area contributed by atoms with Crippen LogP contribution >= 0.6 is 11.6 Å². The van der Waals surface area contributed by atoms with Gasteiger partial charge in [0.2, 0.25) is 0 Å². The third-order valence-corrected chi connectivity index (χ3v) is 4.10. The zero-order chi connectivity index (χ0) is 20.5. The molecule has 0 atom stereocenters. The highest BCUT2D eigenvalue weighted by molar-refractivity contribution is 6.33. The fourth-order valence-electron chi connectivity index (χ4n) is 2.40. The van der Waals surface area contributed by atoms with E-state index in [2.05, 4.69) is 15.8 Å². The molecule has 0 saturated heterocycles. The van der Waals surface area contributed by atoms with Crippen molar-refractivity contribution < 1.29 is 14.3 Å². The van der Waals surface area contributed by atoms with E-state index in [9.17, 15) is 9.59 Å². The summed E-state index contributed by atoms with van der Waals surface area (Å²) in [5.41, 5.74) is 3.42. The quantitative estimate of drug-likeness (QED) is 0.458. The Morgan fingerprint density at radius 2 is 1.66 bits per heavy atom. The Balaban J connectivity index is 1.49. The van der Waals surface area contributed by atoms with Crippen LogP contribution in [-0.2, 0) is 4.79 Å². The number of hydrogen-bond donors (Lipinski definition) is 2. The molecule has 2 N–H and O–H groups in total. The van der Waals surface area contributed by atoms with Crippen LogP contribution in [-0.4, -0.2) is 24.6 Å². The first kappa shape index (κ1) is 20.1. The van der Waals surface area contributed by atoms with Crippen molar-refractivity contribution in [3.8, 4) is 11.5 Å². The van der Waals surface area contributed by atoms with Gasteiger partial charge >= 0.3 is 0 Å². The maximum atomic E-state index is 12.0. The average Bonchev–Trinajstić information content (AvgIpc) is 2.73. The smallest absolute Gasteiger partial charge is 0.259 e. The van der Waals surface area contributed by atoms with Crippen molar-refractivity contribution in [1.29, 1.82) is 0 Å². The molecule has 146 valence electrons. The minimum atomic E-state index is -0.460. The molecule has 0 aromatic heterocycles. The summed E-state index contributed by atoms with van der Waals surface area (Å²) in [6, 6.07) is 23.3. The summed E-state index contributed by atoms with van der Waals surface area (Å²) in [5, 5.41) is 6.72. The van der Waals surface area contributed by atoms with E-state index in [0.717, 1.165) is 11.3 Å². The highest BCUT2D eigenvalue weighted by atomic mass is 35.5. The van der Waals surface area contributed by atoms with Crippen molar-refractivity contribution in [2.45, 2.75) is 0 Å². The van der Waals surface area contributed by atoms with Crippen molar-refractivity contribution in [2.24, 2.45) is 5.10 Å². The first-order valence-corrected chi connectivity index (χ1v) is 9.17. The van der Waals surface area contributed by atoms with Gasteiger partial charge in [0.25, 0.3) is 11.8 Å². The molecule has 29 heavy (non-hydrogen) atoms. The molecule has 0 spiro atoms. The first-order chi connectivity index (χ1) is 14.1. The zero-order valence-corrected chi connectivity index (χ0v) is 16.1. The van der Waals surface area contributed by atoms with E-state index in [0.29, 0.717) is 16.3 Å². The lowest BCUT2D eigenvalue weighted by atomic mass is 10.2. The number of carbonyl (C=O) groups is 2. The van der Waals surface area contributed by atoms with Crippen molar-refractivity contribution >= 4 is 29.6 Å². The van der Waals surface area contributed by atoms with Crippen LogP contribution < -0.4 is 15.5 Å². The molecule has 0 aliphatic rings. The molecule has 0 bridgehead atoms. The van der Waals surface area contributed by atoms with Crippen molar-refractivity contribution in [2.75, 3.05) is 6.54 Å². The van der Waals surface area contributed by atoms with Gasteiger partial charge in [0.1, 0.15) is 11.5 Å². The number of para-hydroxylation sites is 1. The van der Waals surface area contributed by atoms with Gasteiger partial charge in [-0.2, -0.15) is 5.10 Å². The van der Waals surface area contributed by atoms with Crippen LogP contribution in [0.2, 0.25) is 5.02 Å². The molecule has 0 heterocycles. The number of rotatable bonds is 7. The van der Waals surface area contributed by atoms with Crippen LogP contribution in [0.3, 0.4) is 0 Å². The van der Waals surface area contributed by atoms with Gasteiger partial charge in [0.05, 0.1) is 23.3 Å². The second kappa shape index (κ2) is 10.1. The van der Waals surface area contributed by atoms with E-state index in [4.69, 9.17) is 16.3 Å². The topological polar surface area (TPSA) is 79.8 Å². The van der Waals surface area contributed by atoms with E-state index in [1.54, 1.807) is 30.3 Å². The third kappa shape index (κ3) is 6.19. The van der Waals surface area contributed by atoms with Gasteiger partial charge in [-0.3, -0.25) is 9.59 Å². The molecule has 3 rings (SSSR count). The van der Waals surface area contributed by atoms with Crippen LogP contribution in [0.25, 0.3) is 0 Å². The van der Waals surface area contributed by atoms with Gasteiger partial charge in [-0.1, -0.05) is 54.1 Å². The van der Waals surface area contributed by atoms with E-state index in [1.165, 1.54) is 6.21 Å². The van der Waals surface area contributed by atoms with Crippen LogP contribution in [0.1, 0.15) is 15.9 Å². The average molecular weight is 408 g/mol. The summed E-state index contributed by atoms with van der Waals surface area (Å²) in [6.07, 6.45) is 1.49. The number of ether oxygens (including phenoxy) is 1. The van der Waals surface area contributed by atoms with E-state index >= 15 is 0 Å². The number of hydrogen-bond acceptors (Lipinski definition) is 4. The summed E-state index contributed by atoms with van der Waals surface area (Å²) in [4.78, 5) is 23.9. The van der Waals surface area contributed by atoms with Gasteiger partial charge < -0.3 is 10.1 Å². The number of amides is 2. The summed E-state index contributed by atoms with van der Waals surface area (Å²) in [5.74, 6) is 0.487. The lowest BCUT2D eigenvalue weighted by molar-refractivity contribution is -0.120.